The lowest BCUT2D eigenvalue weighted by atomic mass is 10.2. The van der Waals surface area contributed by atoms with Crippen LogP contribution in [0.25, 0.3) is 0 Å². The molecule has 1 aliphatic heterocycles. The standard InChI is InChI=1S/C10H12ClNO2/c11-7-3-1-2-4-8(7)12-9-5-14-6-10(9)13/h1-4,9-10,12-13H,5-6H2/t9-,10-/m1/s1. The first kappa shape index (κ1) is 9.77. The normalized spacial score (nSPS) is 26.4. The number of nitrogens with one attached hydrogen (secondary N) is 1. The Morgan fingerprint density at radius 1 is 1.36 bits per heavy atom. The van der Waals surface area contributed by atoms with Crippen LogP contribution >= 0.6 is 11.6 Å². The molecule has 0 aromatic heterocycles. The van der Waals surface area contributed by atoms with Crippen LogP contribution in [0.5, 0.6) is 0 Å². The van der Waals surface area contributed by atoms with Crippen LogP contribution in [-0.4, -0.2) is 30.5 Å². The Hall–Kier alpha value is -0.770. The third-order valence-corrected chi connectivity index (χ3v) is 2.59. The minimum atomic E-state index is -0.453. The summed E-state index contributed by atoms with van der Waals surface area (Å²) in [7, 11) is 0. The number of hydrogen-bond donors (Lipinski definition) is 2. The number of ether oxygens (including phenoxy) is 1. The molecule has 0 spiro atoms. The number of aliphatic hydroxyl groups excluding tert-OH is 1. The van der Waals surface area contributed by atoms with Crippen molar-refractivity contribution < 1.29 is 9.84 Å². The zero-order chi connectivity index (χ0) is 9.97. The van der Waals surface area contributed by atoms with Gasteiger partial charge in [-0.25, -0.2) is 0 Å². The molecule has 0 amide bonds. The van der Waals surface area contributed by atoms with Crippen LogP contribution in [0.2, 0.25) is 5.02 Å². The summed E-state index contributed by atoms with van der Waals surface area (Å²) in [6, 6.07) is 7.40. The lowest BCUT2D eigenvalue weighted by Crippen LogP contribution is -2.31. The summed E-state index contributed by atoms with van der Waals surface area (Å²) in [4.78, 5) is 0. The van der Waals surface area contributed by atoms with E-state index in [1.165, 1.54) is 0 Å². The van der Waals surface area contributed by atoms with Crippen LogP contribution in [-0.2, 0) is 4.74 Å². The highest BCUT2D eigenvalue weighted by Crippen LogP contribution is 2.23. The van der Waals surface area contributed by atoms with E-state index >= 15 is 0 Å². The fraction of sp³-hybridized carbons (Fsp3) is 0.400. The number of halogens is 1. The summed E-state index contributed by atoms with van der Waals surface area (Å²) in [5, 5.41) is 13.3. The van der Waals surface area contributed by atoms with Crippen molar-refractivity contribution >= 4 is 17.3 Å². The van der Waals surface area contributed by atoms with Crippen molar-refractivity contribution in [1.29, 1.82) is 0 Å². The van der Waals surface area contributed by atoms with Crippen LogP contribution < -0.4 is 5.32 Å². The Morgan fingerprint density at radius 2 is 2.14 bits per heavy atom. The molecule has 1 fully saturated rings. The highest BCUT2D eigenvalue weighted by atomic mass is 35.5. The van der Waals surface area contributed by atoms with Gasteiger partial charge in [0.15, 0.2) is 0 Å². The van der Waals surface area contributed by atoms with E-state index in [4.69, 9.17) is 16.3 Å². The smallest absolute Gasteiger partial charge is 0.0996 e. The van der Waals surface area contributed by atoms with Gasteiger partial charge in [-0.1, -0.05) is 23.7 Å². The van der Waals surface area contributed by atoms with Gasteiger partial charge in [-0.2, -0.15) is 0 Å². The summed E-state index contributed by atoms with van der Waals surface area (Å²) in [6.07, 6.45) is -0.453. The molecule has 1 aliphatic rings. The van der Waals surface area contributed by atoms with E-state index in [0.717, 1.165) is 5.69 Å². The molecule has 1 aromatic rings. The fourth-order valence-corrected chi connectivity index (χ4v) is 1.65. The SMILES string of the molecule is O[C@@H]1COC[C@H]1Nc1ccccc1Cl. The summed E-state index contributed by atoms with van der Waals surface area (Å²) < 4.78 is 5.13. The number of para-hydroxylation sites is 1. The first-order chi connectivity index (χ1) is 6.77. The summed E-state index contributed by atoms with van der Waals surface area (Å²) in [5.74, 6) is 0. The molecule has 0 saturated carbocycles. The van der Waals surface area contributed by atoms with Crippen molar-refractivity contribution in [2.45, 2.75) is 12.1 Å². The molecule has 4 heteroatoms. The number of rotatable bonds is 2. The molecule has 1 heterocycles. The number of anilines is 1. The third kappa shape index (κ3) is 2.00. The van der Waals surface area contributed by atoms with Crippen molar-refractivity contribution in [2.24, 2.45) is 0 Å². The van der Waals surface area contributed by atoms with Gasteiger partial charge in [0.05, 0.1) is 36.1 Å². The van der Waals surface area contributed by atoms with Gasteiger partial charge < -0.3 is 15.2 Å². The zero-order valence-electron chi connectivity index (χ0n) is 7.61. The van der Waals surface area contributed by atoms with Gasteiger partial charge in [-0.3, -0.25) is 0 Å². The van der Waals surface area contributed by atoms with Crippen LogP contribution in [0.1, 0.15) is 0 Å². The quantitative estimate of drug-likeness (QED) is 0.783. The second-order valence-corrected chi connectivity index (χ2v) is 3.74. The van der Waals surface area contributed by atoms with E-state index in [0.29, 0.717) is 18.2 Å². The molecular weight excluding hydrogens is 202 g/mol. The van der Waals surface area contributed by atoms with Gasteiger partial charge in [0.25, 0.3) is 0 Å². The molecule has 3 nitrogen and oxygen atoms in total. The van der Waals surface area contributed by atoms with E-state index in [1.54, 1.807) is 0 Å². The van der Waals surface area contributed by atoms with Crippen LogP contribution in [0.4, 0.5) is 5.69 Å². The third-order valence-electron chi connectivity index (χ3n) is 2.27. The Bertz CT molecular complexity index is 319. The number of aliphatic hydroxyl groups is 1. The van der Waals surface area contributed by atoms with Crippen LogP contribution in [0.15, 0.2) is 24.3 Å². The first-order valence-corrected chi connectivity index (χ1v) is 4.92. The predicted octanol–water partition coefficient (Wildman–Crippen LogP) is 1.51. The van der Waals surface area contributed by atoms with E-state index in [9.17, 15) is 5.11 Å². The Kier molecular flexibility index (Phi) is 2.91. The monoisotopic (exact) mass is 213 g/mol. The summed E-state index contributed by atoms with van der Waals surface area (Å²) in [5.41, 5.74) is 0.837. The van der Waals surface area contributed by atoms with Gasteiger partial charge in [0, 0.05) is 0 Å². The van der Waals surface area contributed by atoms with Crippen molar-refractivity contribution in [3.05, 3.63) is 29.3 Å². The maximum Gasteiger partial charge on any atom is 0.0996 e. The Labute approximate surface area is 87.6 Å². The molecule has 76 valence electrons. The molecule has 1 aromatic carbocycles. The lowest BCUT2D eigenvalue weighted by Gasteiger charge is -2.16. The van der Waals surface area contributed by atoms with E-state index in [1.807, 2.05) is 24.3 Å². The number of benzene rings is 1. The van der Waals surface area contributed by atoms with Crippen molar-refractivity contribution in [2.75, 3.05) is 18.5 Å². The first-order valence-electron chi connectivity index (χ1n) is 4.54. The molecule has 0 aliphatic carbocycles. The molecule has 0 unspecified atom stereocenters. The molecule has 2 atom stereocenters. The Balaban J connectivity index is 2.07. The van der Waals surface area contributed by atoms with E-state index < -0.39 is 6.10 Å². The van der Waals surface area contributed by atoms with E-state index in [2.05, 4.69) is 5.32 Å². The average molecular weight is 214 g/mol. The van der Waals surface area contributed by atoms with Crippen LogP contribution in [0, 0.1) is 0 Å². The minimum absolute atomic E-state index is 0.0603. The fourth-order valence-electron chi connectivity index (χ4n) is 1.46. The van der Waals surface area contributed by atoms with Gasteiger partial charge >= 0.3 is 0 Å². The predicted molar refractivity (Wildman–Crippen MR) is 55.7 cm³/mol. The maximum absolute atomic E-state index is 9.51. The molecule has 2 rings (SSSR count). The summed E-state index contributed by atoms with van der Waals surface area (Å²) >= 11 is 5.97. The zero-order valence-corrected chi connectivity index (χ0v) is 8.37. The molecule has 0 bridgehead atoms. The Morgan fingerprint density at radius 3 is 2.79 bits per heavy atom. The maximum atomic E-state index is 9.51. The highest BCUT2D eigenvalue weighted by Gasteiger charge is 2.26. The number of hydrogen-bond acceptors (Lipinski definition) is 3. The van der Waals surface area contributed by atoms with Gasteiger partial charge in [-0.05, 0) is 12.1 Å². The van der Waals surface area contributed by atoms with Crippen LogP contribution in [0.3, 0.4) is 0 Å². The van der Waals surface area contributed by atoms with Crippen molar-refractivity contribution in [3.63, 3.8) is 0 Å². The van der Waals surface area contributed by atoms with Crippen molar-refractivity contribution in [3.8, 4) is 0 Å². The second-order valence-electron chi connectivity index (χ2n) is 3.34. The summed E-state index contributed by atoms with van der Waals surface area (Å²) in [6.45, 7) is 0.911. The molecule has 0 radical (unpaired) electrons. The largest absolute Gasteiger partial charge is 0.388 e. The van der Waals surface area contributed by atoms with E-state index in [-0.39, 0.29) is 6.04 Å². The molecule has 14 heavy (non-hydrogen) atoms. The highest BCUT2D eigenvalue weighted by molar-refractivity contribution is 6.33. The second kappa shape index (κ2) is 4.17. The minimum Gasteiger partial charge on any atom is -0.388 e. The molecular formula is C10H12ClNO2. The van der Waals surface area contributed by atoms with Gasteiger partial charge in [-0.15, -0.1) is 0 Å². The average Bonchev–Trinajstić information content (AvgIpc) is 2.56. The molecule has 2 N–H and O–H groups in total. The van der Waals surface area contributed by atoms with Gasteiger partial charge in [0.2, 0.25) is 0 Å². The van der Waals surface area contributed by atoms with Gasteiger partial charge in [0.1, 0.15) is 0 Å². The molecule has 1 saturated heterocycles. The van der Waals surface area contributed by atoms with Crippen molar-refractivity contribution in [1.82, 2.24) is 0 Å². The topological polar surface area (TPSA) is 41.5 Å². The lowest BCUT2D eigenvalue weighted by molar-refractivity contribution is 0.125.